The molecule has 18 rings (SSSR count). The van der Waals surface area contributed by atoms with E-state index in [1.807, 2.05) is 194 Å². The summed E-state index contributed by atoms with van der Waals surface area (Å²) in [4.78, 5) is 77.3. The first kappa shape index (κ1) is 46.9. The third-order valence-corrected chi connectivity index (χ3v) is 14.7. The van der Waals surface area contributed by atoms with Crippen LogP contribution in [0.5, 0.6) is 0 Å². The smallest absolute Gasteiger partial charge is 0.357 e. The summed E-state index contributed by atoms with van der Waals surface area (Å²) in [5.41, 5.74) is 13.1. The van der Waals surface area contributed by atoms with Crippen LogP contribution in [0.25, 0.3) is 181 Å². The van der Waals surface area contributed by atoms with Crippen molar-refractivity contribution in [1.29, 1.82) is 0 Å². The molecule has 373 valence electrons. The van der Waals surface area contributed by atoms with Gasteiger partial charge in [-0.1, -0.05) is 194 Å². The van der Waals surface area contributed by atoms with Gasteiger partial charge >= 0.3 is 40.8 Å². The fourth-order valence-corrected chi connectivity index (χ4v) is 11.0. The maximum atomic E-state index is 5.00. The molecule has 17 heteroatoms. The van der Waals surface area contributed by atoms with Crippen LogP contribution in [0.4, 0.5) is 0 Å². The van der Waals surface area contributed by atoms with Crippen molar-refractivity contribution in [1.82, 2.24) is 74.8 Å². The summed E-state index contributed by atoms with van der Waals surface area (Å²) in [6, 6.07) is 63.9. The van der Waals surface area contributed by atoms with Crippen LogP contribution >= 0.6 is 0 Å². The van der Waals surface area contributed by atoms with Crippen LogP contribution in [0.3, 0.4) is 0 Å². The van der Waals surface area contributed by atoms with Crippen molar-refractivity contribution in [3.63, 3.8) is 0 Å². The normalized spacial score (nSPS) is 11.9. The minimum Gasteiger partial charge on any atom is -0.357 e. The van der Waals surface area contributed by atoms with Crippen LogP contribution in [0.2, 0.25) is 0 Å². The summed E-state index contributed by atoms with van der Waals surface area (Å²) in [6.07, 6.45) is 0. The molecule has 0 amide bonds. The standard InChI is InChI=1S/2C32H16N8.Nd/c2*1-2-10-18-17(9-1)25-33-26(18)38-28-21-13-5-6-14-22(21)30(35-28)40-32-24-16-8-7-15-23(24)31(36-32)39-29-20-12-4-3-11-19(20)27(34-29)37-25;/h2*1-16H;/q2*-2;+3/p+1. The number of nitrogens with one attached hydrogen (secondary N) is 1. The van der Waals surface area contributed by atoms with Crippen LogP contribution in [0.15, 0.2) is 194 Å². The Labute approximate surface area is 491 Å². The van der Waals surface area contributed by atoms with E-state index in [4.69, 9.17) is 74.8 Å². The van der Waals surface area contributed by atoms with E-state index in [0.29, 0.717) is 92.5 Å². The van der Waals surface area contributed by atoms with Gasteiger partial charge in [-0.3, -0.25) is 0 Å². The largest absolute Gasteiger partial charge is 3.00 e. The minimum absolute atomic E-state index is 0. The summed E-state index contributed by atoms with van der Waals surface area (Å²) in [5.74, 6) is 6.96. The van der Waals surface area contributed by atoms with Gasteiger partial charge in [-0.2, -0.15) is 0 Å². The van der Waals surface area contributed by atoms with Crippen LogP contribution in [0.1, 0.15) is 0 Å². The zero-order chi connectivity index (χ0) is 52.4. The van der Waals surface area contributed by atoms with Gasteiger partial charge in [-0.05, 0) is 38.2 Å². The third-order valence-electron chi connectivity index (χ3n) is 14.7. The predicted molar refractivity (Wildman–Crippen MR) is 303 cm³/mol. The molecule has 8 aromatic carbocycles. The fourth-order valence-electron chi connectivity index (χ4n) is 11.0. The van der Waals surface area contributed by atoms with Crippen molar-refractivity contribution in [2.45, 2.75) is 0 Å². The molecule has 0 atom stereocenters. The Hall–Kier alpha value is -10.2. The number of rotatable bonds is 0. The number of aromatic amines is 1. The Morgan fingerprint density at radius 1 is 0.222 bits per heavy atom. The van der Waals surface area contributed by atoms with Gasteiger partial charge in [0.1, 0.15) is 11.6 Å². The van der Waals surface area contributed by atoms with E-state index in [1.165, 1.54) is 0 Å². The molecule has 0 saturated heterocycles. The Kier molecular flexibility index (Phi) is 10.7. The molecular weight excluding hydrogens is 1140 g/mol. The van der Waals surface area contributed by atoms with Crippen molar-refractivity contribution in [3.8, 4) is 137 Å². The number of hydrogen-bond donors (Lipinski definition) is 0. The first-order valence-corrected chi connectivity index (χ1v) is 25.8. The van der Waals surface area contributed by atoms with E-state index in [1.54, 1.807) is 0 Å². The molecule has 16 bridgehead atoms. The number of fused-ring (bicyclic) bond motifs is 40. The van der Waals surface area contributed by atoms with Crippen molar-refractivity contribution in [3.05, 3.63) is 194 Å². The average molecular weight is 1170 g/mol. The first-order chi connectivity index (χ1) is 39.6. The zero-order valence-corrected chi connectivity index (χ0v) is 45.4. The first-order valence-electron chi connectivity index (χ1n) is 25.8. The molecule has 6 aliphatic rings. The second-order valence-electron chi connectivity index (χ2n) is 19.4. The quantitative estimate of drug-likeness (QED) is 0.138. The SMILES string of the molecule is [Nd+3].c1ccc2c(c1)-c1nc-2nc2[n-]c(nc3nc([n-]c4[nH+]c(n1)-c1ccccc1-4)-c1ccccc1-3)c1ccccc21.c1ccc2c(c1)-c1nc-2nc2[n-]c(nc3nc([n-]c4nc(n1)-c1ccccc1-4)-c1ccccc1-3)c1ccccc21. The van der Waals surface area contributed by atoms with Gasteiger partial charge in [-0.25, -0.2) is 29.9 Å². The van der Waals surface area contributed by atoms with Crippen molar-refractivity contribution < 1.29 is 45.8 Å². The Balaban J connectivity index is 0.000000132. The van der Waals surface area contributed by atoms with Gasteiger partial charge in [0.15, 0.2) is 17.5 Å². The van der Waals surface area contributed by atoms with Gasteiger partial charge in [0.25, 0.3) is 0 Å². The van der Waals surface area contributed by atoms with Crippen LogP contribution in [0, 0.1) is 40.8 Å². The Morgan fingerprint density at radius 3 is 0.864 bits per heavy atom. The van der Waals surface area contributed by atoms with E-state index in [9.17, 15) is 0 Å². The molecule has 4 aromatic heterocycles. The molecule has 16 nitrogen and oxygen atoms in total. The fraction of sp³-hybridized carbons (Fsp3) is 0. The van der Waals surface area contributed by atoms with Gasteiger partial charge in [-0.15, -0.1) is 0 Å². The number of hydrogen-bond acceptors (Lipinski definition) is 11. The monoisotopic (exact) mass is 1170 g/mol. The maximum Gasteiger partial charge on any atom is 3.00 e. The topological polar surface area (TPSA) is 212 Å². The van der Waals surface area contributed by atoms with Crippen LogP contribution in [-0.4, -0.2) is 54.8 Å². The summed E-state index contributed by atoms with van der Waals surface area (Å²) in [6.45, 7) is 0. The number of H-pyrrole nitrogens is 1. The third kappa shape index (κ3) is 7.58. The second kappa shape index (κ2) is 18.5. The van der Waals surface area contributed by atoms with Crippen molar-refractivity contribution in [2.75, 3.05) is 0 Å². The summed E-state index contributed by atoms with van der Waals surface area (Å²) in [5, 5.41) is 3.59. The van der Waals surface area contributed by atoms with Crippen molar-refractivity contribution >= 4 is 44.1 Å². The molecule has 0 spiro atoms. The van der Waals surface area contributed by atoms with Gasteiger partial charge in [0, 0.05) is 90.1 Å². The second-order valence-corrected chi connectivity index (χ2v) is 19.4. The van der Waals surface area contributed by atoms with Crippen molar-refractivity contribution in [2.24, 2.45) is 0 Å². The molecular formula is C64H33N16Nd. The molecule has 0 fully saturated rings. The molecule has 1 N–H and O–H groups in total. The van der Waals surface area contributed by atoms with Gasteiger partial charge in [0.05, 0.1) is 23.3 Å². The van der Waals surface area contributed by atoms with E-state index in [0.717, 1.165) is 88.3 Å². The average Bonchev–Trinajstić information content (AvgIpc) is 4.53. The van der Waals surface area contributed by atoms with Gasteiger partial charge in [0.2, 0.25) is 0 Å². The minimum atomic E-state index is 0. The molecule has 12 aromatic rings. The number of nitrogens with zero attached hydrogens (tertiary/aromatic N) is 15. The van der Waals surface area contributed by atoms with Gasteiger partial charge < -0.3 is 49.8 Å². The number of aromatic nitrogens is 16. The summed E-state index contributed by atoms with van der Waals surface area (Å²) >= 11 is 0. The van der Waals surface area contributed by atoms with Crippen LogP contribution < -0.4 is 24.9 Å². The van der Waals surface area contributed by atoms with E-state index in [-0.39, 0.29) is 40.8 Å². The molecule has 0 unspecified atom stereocenters. The zero-order valence-electron chi connectivity index (χ0n) is 42.2. The van der Waals surface area contributed by atoms with E-state index in [2.05, 4.69) is 4.98 Å². The van der Waals surface area contributed by atoms with Crippen LogP contribution in [-0.2, 0) is 0 Å². The predicted octanol–water partition coefficient (Wildman–Crippen LogP) is 11.5. The molecule has 81 heavy (non-hydrogen) atoms. The Morgan fingerprint density at radius 2 is 0.481 bits per heavy atom. The Bertz CT molecular complexity index is 4500. The molecule has 1 radical (unpaired) electrons. The van der Waals surface area contributed by atoms with E-state index < -0.39 is 0 Å². The molecule has 6 aliphatic heterocycles. The van der Waals surface area contributed by atoms with E-state index >= 15 is 0 Å². The summed E-state index contributed by atoms with van der Waals surface area (Å²) < 4.78 is 0. The number of benzene rings is 8. The molecule has 10 heterocycles. The summed E-state index contributed by atoms with van der Waals surface area (Å²) in [7, 11) is 0. The molecule has 0 saturated carbocycles. The molecule has 0 aliphatic carbocycles. The maximum absolute atomic E-state index is 5.00.